The predicted molar refractivity (Wildman–Crippen MR) is 68.4 cm³/mol. The Balaban J connectivity index is 2.20. The van der Waals surface area contributed by atoms with Crippen LogP contribution in [0.5, 0.6) is 0 Å². The number of aliphatic hydroxyl groups excluding tert-OH is 1. The predicted octanol–water partition coefficient (Wildman–Crippen LogP) is -0.435. The zero-order chi connectivity index (χ0) is 13.1. The van der Waals surface area contributed by atoms with E-state index in [1.54, 1.807) is 18.2 Å². The Labute approximate surface area is 105 Å². The van der Waals surface area contributed by atoms with E-state index in [9.17, 15) is 4.79 Å². The third-order valence-electron chi connectivity index (χ3n) is 3.00. The molecule has 0 radical (unpaired) electrons. The van der Waals surface area contributed by atoms with Crippen LogP contribution in [0.2, 0.25) is 0 Å². The lowest BCUT2D eigenvalue weighted by molar-refractivity contribution is 0.00360. The number of primary amides is 1. The van der Waals surface area contributed by atoms with Gasteiger partial charge in [0.15, 0.2) is 0 Å². The molecule has 6 heteroatoms. The Morgan fingerprint density at radius 3 is 2.94 bits per heavy atom. The van der Waals surface area contributed by atoms with Crippen LogP contribution in [-0.2, 0) is 4.74 Å². The first-order valence-corrected chi connectivity index (χ1v) is 5.78. The largest absolute Gasteiger partial charge is 0.397 e. The molecule has 1 aromatic carbocycles. The van der Waals surface area contributed by atoms with E-state index in [2.05, 4.69) is 0 Å². The van der Waals surface area contributed by atoms with E-state index in [-0.39, 0.29) is 12.7 Å². The van der Waals surface area contributed by atoms with Gasteiger partial charge in [0.2, 0.25) is 5.91 Å². The molecule has 98 valence electrons. The van der Waals surface area contributed by atoms with Crippen molar-refractivity contribution in [3.05, 3.63) is 23.8 Å². The summed E-state index contributed by atoms with van der Waals surface area (Å²) in [4.78, 5) is 13.1. The molecule has 18 heavy (non-hydrogen) atoms. The third-order valence-corrected chi connectivity index (χ3v) is 3.00. The fourth-order valence-corrected chi connectivity index (χ4v) is 2.04. The number of carbonyl (C=O) groups excluding carboxylic acids is 1. The lowest BCUT2D eigenvalue weighted by Gasteiger charge is -2.34. The highest BCUT2D eigenvalue weighted by Gasteiger charge is 2.21. The highest BCUT2D eigenvalue weighted by atomic mass is 16.5. The van der Waals surface area contributed by atoms with Crippen molar-refractivity contribution in [3.8, 4) is 0 Å². The van der Waals surface area contributed by atoms with Crippen molar-refractivity contribution in [1.82, 2.24) is 0 Å². The van der Waals surface area contributed by atoms with Gasteiger partial charge in [-0.1, -0.05) is 0 Å². The van der Waals surface area contributed by atoms with Crippen LogP contribution in [0.25, 0.3) is 0 Å². The number of benzene rings is 1. The molecule has 0 spiro atoms. The third kappa shape index (κ3) is 2.55. The molecule has 1 saturated heterocycles. The highest BCUT2D eigenvalue weighted by molar-refractivity contribution is 5.94. The molecule has 0 bridgehead atoms. The SMILES string of the molecule is NC(=O)c1ccc(N2CCOC(CO)C2)c(N)c1. The molecule has 0 saturated carbocycles. The van der Waals surface area contributed by atoms with Crippen LogP contribution < -0.4 is 16.4 Å². The minimum absolute atomic E-state index is 0.0181. The molecule has 0 aliphatic carbocycles. The number of hydrogen-bond donors (Lipinski definition) is 3. The number of nitrogens with zero attached hydrogens (tertiary/aromatic N) is 1. The fraction of sp³-hybridized carbons (Fsp3) is 0.417. The summed E-state index contributed by atoms with van der Waals surface area (Å²) in [7, 11) is 0. The number of rotatable bonds is 3. The second-order valence-electron chi connectivity index (χ2n) is 4.26. The molecular weight excluding hydrogens is 234 g/mol. The van der Waals surface area contributed by atoms with Crippen molar-refractivity contribution in [2.24, 2.45) is 5.73 Å². The summed E-state index contributed by atoms with van der Waals surface area (Å²) in [6.45, 7) is 1.81. The van der Waals surface area contributed by atoms with Crippen molar-refractivity contribution >= 4 is 17.3 Å². The van der Waals surface area contributed by atoms with Gasteiger partial charge in [-0.05, 0) is 18.2 Å². The molecule has 1 amide bonds. The number of amides is 1. The number of ether oxygens (including phenoxy) is 1. The van der Waals surface area contributed by atoms with Crippen molar-refractivity contribution in [1.29, 1.82) is 0 Å². The van der Waals surface area contributed by atoms with E-state index in [1.165, 1.54) is 0 Å². The maximum Gasteiger partial charge on any atom is 0.248 e. The van der Waals surface area contributed by atoms with E-state index in [0.717, 1.165) is 5.69 Å². The highest BCUT2D eigenvalue weighted by Crippen LogP contribution is 2.26. The minimum Gasteiger partial charge on any atom is -0.397 e. The zero-order valence-electron chi connectivity index (χ0n) is 10.0. The molecule has 1 heterocycles. The monoisotopic (exact) mass is 251 g/mol. The average molecular weight is 251 g/mol. The first-order chi connectivity index (χ1) is 8.61. The molecular formula is C12H17N3O3. The summed E-state index contributed by atoms with van der Waals surface area (Å²) < 4.78 is 5.37. The quantitative estimate of drug-likeness (QED) is 0.632. The number of hydrogen-bond acceptors (Lipinski definition) is 5. The molecule has 1 aliphatic rings. The van der Waals surface area contributed by atoms with Gasteiger partial charge < -0.3 is 26.2 Å². The lowest BCUT2D eigenvalue weighted by Crippen LogP contribution is -2.44. The van der Waals surface area contributed by atoms with Gasteiger partial charge in [-0.15, -0.1) is 0 Å². The zero-order valence-corrected chi connectivity index (χ0v) is 10.0. The molecule has 5 N–H and O–H groups in total. The first-order valence-electron chi connectivity index (χ1n) is 5.78. The molecule has 1 aromatic rings. The lowest BCUT2D eigenvalue weighted by atomic mass is 10.1. The number of carbonyl (C=O) groups is 1. The smallest absolute Gasteiger partial charge is 0.248 e. The molecule has 2 rings (SSSR count). The molecule has 6 nitrogen and oxygen atoms in total. The van der Waals surface area contributed by atoms with Gasteiger partial charge in [-0.25, -0.2) is 0 Å². The van der Waals surface area contributed by atoms with E-state index >= 15 is 0 Å². The van der Waals surface area contributed by atoms with Crippen LogP contribution >= 0.6 is 0 Å². The summed E-state index contributed by atoms with van der Waals surface area (Å²) in [6, 6.07) is 4.99. The van der Waals surface area contributed by atoms with E-state index < -0.39 is 5.91 Å². The summed E-state index contributed by atoms with van der Waals surface area (Å²) in [5.41, 5.74) is 12.8. The Kier molecular flexibility index (Phi) is 3.69. The molecule has 1 atom stereocenters. The number of nitrogens with two attached hydrogens (primary N) is 2. The average Bonchev–Trinajstić information content (AvgIpc) is 2.38. The Morgan fingerprint density at radius 1 is 1.56 bits per heavy atom. The second kappa shape index (κ2) is 5.24. The topological polar surface area (TPSA) is 102 Å². The van der Waals surface area contributed by atoms with Gasteiger partial charge in [0.1, 0.15) is 0 Å². The van der Waals surface area contributed by atoms with Gasteiger partial charge in [-0.3, -0.25) is 4.79 Å². The van der Waals surface area contributed by atoms with Crippen molar-refractivity contribution in [3.63, 3.8) is 0 Å². The van der Waals surface area contributed by atoms with Crippen LogP contribution in [0.4, 0.5) is 11.4 Å². The molecule has 1 aliphatic heterocycles. The van der Waals surface area contributed by atoms with Crippen LogP contribution in [0.3, 0.4) is 0 Å². The number of aliphatic hydroxyl groups is 1. The van der Waals surface area contributed by atoms with Crippen LogP contribution in [0, 0.1) is 0 Å². The van der Waals surface area contributed by atoms with Gasteiger partial charge in [0, 0.05) is 18.7 Å². The molecule has 1 unspecified atom stereocenters. The maximum absolute atomic E-state index is 11.0. The van der Waals surface area contributed by atoms with Crippen molar-refractivity contribution < 1.29 is 14.6 Å². The maximum atomic E-state index is 11.0. The number of morpholine rings is 1. The first kappa shape index (κ1) is 12.7. The standard InChI is InChI=1S/C12H17N3O3/c13-10-5-8(12(14)17)1-2-11(10)15-3-4-18-9(6-15)7-16/h1-2,5,9,16H,3-4,6-7,13H2,(H2,14,17). The normalized spacial score (nSPS) is 19.8. The summed E-state index contributed by atoms with van der Waals surface area (Å²) in [5, 5.41) is 9.10. The number of nitrogen functional groups attached to an aromatic ring is 1. The summed E-state index contributed by atoms with van der Waals surface area (Å²) in [6.07, 6.45) is -0.200. The summed E-state index contributed by atoms with van der Waals surface area (Å²) in [5.74, 6) is -0.497. The van der Waals surface area contributed by atoms with E-state index in [1.807, 2.05) is 4.90 Å². The summed E-state index contributed by atoms with van der Waals surface area (Å²) >= 11 is 0. The minimum atomic E-state index is -0.497. The molecule has 0 aromatic heterocycles. The second-order valence-corrected chi connectivity index (χ2v) is 4.26. The Morgan fingerprint density at radius 2 is 2.33 bits per heavy atom. The number of anilines is 2. The van der Waals surface area contributed by atoms with Crippen molar-refractivity contribution in [2.75, 3.05) is 36.9 Å². The fourth-order valence-electron chi connectivity index (χ4n) is 2.04. The van der Waals surface area contributed by atoms with Crippen LogP contribution in [-0.4, -0.2) is 43.4 Å². The van der Waals surface area contributed by atoms with Gasteiger partial charge >= 0.3 is 0 Å². The van der Waals surface area contributed by atoms with Crippen LogP contribution in [0.1, 0.15) is 10.4 Å². The van der Waals surface area contributed by atoms with Gasteiger partial charge in [-0.2, -0.15) is 0 Å². The van der Waals surface area contributed by atoms with Gasteiger partial charge in [0.25, 0.3) is 0 Å². The van der Waals surface area contributed by atoms with Crippen LogP contribution in [0.15, 0.2) is 18.2 Å². The Hall–Kier alpha value is -1.79. The van der Waals surface area contributed by atoms with E-state index in [0.29, 0.717) is 30.9 Å². The Bertz CT molecular complexity index is 450. The van der Waals surface area contributed by atoms with Gasteiger partial charge in [0.05, 0.1) is 30.7 Å². The molecule has 1 fully saturated rings. The van der Waals surface area contributed by atoms with E-state index in [4.69, 9.17) is 21.3 Å². The van der Waals surface area contributed by atoms with Crippen molar-refractivity contribution in [2.45, 2.75) is 6.10 Å².